The van der Waals surface area contributed by atoms with Gasteiger partial charge >= 0.3 is 0 Å². The largest absolute Gasteiger partial charge is 0.372 e. The number of rotatable bonds is 4. The first kappa shape index (κ1) is 13.7. The Bertz CT molecular complexity index is 616. The SMILES string of the molecule is Cc1ccccc1NC1=CN(Cc2ccccc2)CCC1. The summed E-state index contributed by atoms with van der Waals surface area (Å²) < 4.78 is 0. The van der Waals surface area contributed by atoms with Gasteiger partial charge in [0.25, 0.3) is 0 Å². The van der Waals surface area contributed by atoms with Crippen molar-refractivity contribution in [1.82, 2.24) is 4.90 Å². The molecule has 0 radical (unpaired) electrons. The third-order valence-corrected chi connectivity index (χ3v) is 3.90. The number of allylic oxidation sites excluding steroid dienone is 1. The second-order valence-electron chi connectivity index (χ2n) is 5.65. The Kier molecular flexibility index (Phi) is 4.25. The maximum Gasteiger partial charge on any atom is 0.0424 e. The lowest BCUT2D eigenvalue weighted by Crippen LogP contribution is -2.24. The number of anilines is 1. The highest BCUT2D eigenvalue weighted by Crippen LogP contribution is 2.21. The minimum Gasteiger partial charge on any atom is -0.372 e. The van der Waals surface area contributed by atoms with Gasteiger partial charge in [0.15, 0.2) is 0 Å². The number of para-hydroxylation sites is 1. The van der Waals surface area contributed by atoms with Crippen LogP contribution in [0, 0.1) is 6.92 Å². The first-order valence-corrected chi connectivity index (χ1v) is 7.62. The summed E-state index contributed by atoms with van der Waals surface area (Å²) in [7, 11) is 0. The van der Waals surface area contributed by atoms with Crippen molar-refractivity contribution in [2.24, 2.45) is 0 Å². The smallest absolute Gasteiger partial charge is 0.0424 e. The van der Waals surface area contributed by atoms with E-state index in [1.165, 1.54) is 28.9 Å². The van der Waals surface area contributed by atoms with Crippen LogP contribution in [0.5, 0.6) is 0 Å². The highest BCUT2D eigenvalue weighted by atomic mass is 15.1. The van der Waals surface area contributed by atoms with Gasteiger partial charge in [-0.25, -0.2) is 0 Å². The molecule has 21 heavy (non-hydrogen) atoms. The Labute approximate surface area is 127 Å². The van der Waals surface area contributed by atoms with Crippen LogP contribution in [0.25, 0.3) is 0 Å². The normalized spacial score (nSPS) is 14.7. The van der Waals surface area contributed by atoms with E-state index in [2.05, 4.69) is 77.9 Å². The monoisotopic (exact) mass is 278 g/mol. The topological polar surface area (TPSA) is 15.3 Å². The van der Waals surface area contributed by atoms with Crippen molar-refractivity contribution in [1.29, 1.82) is 0 Å². The highest BCUT2D eigenvalue weighted by Gasteiger charge is 2.11. The molecule has 1 N–H and O–H groups in total. The minimum atomic E-state index is 0.986. The molecule has 2 aromatic rings. The van der Waals surface area contributed by atoms with E-state index >= 15 is 0 Å². The maximum absolute atomic E-state index is 3.58. The lowest BCUT2D eigenvalue weighted by Gasteiger charge is -2.27. The van der Waals surface area contributed by atoms with Crippen molar-refractivity contribution < 1.29 is 0 Å². The predicted molar refractivity (Wildman–Crippen MR) is 89.0 cm³/mol. The van der Waals surface area contributed by atoms with Crippen LogP contribution in [-0.4, -0.2) is 11.4 Å². The molecule has 0 bridgehead atoms. The fourth-order valence-corrected chi connectivity index (χ4v) is 2.75. The molecule has 1 heterocycles. The molecule has 0 aliphatic carbocycles. The zero-order valence-electron chi connectivity index (χ0n) is 12.5. The third-order valence-electron chi connectivity index (χ3n) is 3.90. The van der Waals surface area contributed by atoms with E-state index in [1.54, 1.807) is 0 Å². The summed E-state index contributed by atoms with van der Waals surface area (Å²) in [5, 5.41) is 3.58. The van der Waals surface area contributed by atoms with Gasteiger partial charge in [-0.05, 0) is 37.0 Å². The van der Waals surface area contributed by atoms with Crippen LogP contribution in [0.3, 0.4) is 0 Å². The Hall–Kier alpha value is -2.22. The Balaban J connectivity index is 1.70. The summed E-state index contributed by atoms with van der Waals surface area (Å²) in [6.45, 7) is 4.26. The fourth-order valence-electron chi connectivity index (χ4n) is 2.75. The number of hydrogen-bond acceptors (Lipinski definition) is 2. The molecule has 0 spiro atoms. The van der Waals surface area contributed by atoms with E-state index in [1.807, 2.05) is 0 Å². The van der Waals surface area contributed by atoms with Crippen molar-refractivity contribution in [2.45, 2.75) is 26.3 Å². The molecule has 2 nitrogen and oxygen atoms in total. The van der Waals surface area contributed by atoms with Gasteiger partial charge in [-0.2, -0.15) is 0 Å². The van der Waals surface area contributed by atoms with Crippen LogP contribution in [0.2, 0.25) is 0 Å². The molecule has 0 fully saturated rings. The van der Waals surface area contributed by atoms with Crippen molar-refractivity contribution in [3.8, 4) is 0 Å². The van der Waals surface area contributed by atoms with E-state index in [-0.39, 0.29) is 0 Å². The van der Waals surface area contributed by atoms with Crippen LogP contribution >= 0.6 is 0 Å². The number of nitrogens with zero attached hydrogens (tertiary/aromatic N) is 1. The molecule has 0 unspecified atom stereocenters. The number of hydrogen-bond donors (Lipinski definition) is 1. The molecule has 0 saturated heterocycles. The van der Waals surface area contributed by atoms with Gasteiger partial charge in [-0.15, -0.1) is 0 Å². The zero-order valence-corrected chi connectivity index (χ0v) is 12.5. The summed E-state index contributed by atoms with van der Waals surface area (Å²) in [5.74, 6) is 0. The fraction of sp³-hybridized carbons (Fsp3) is 0.263. The molecule has 0 aromatic heterocycles. The lowest BCUT2D eigenvalue weighted by atomic mass is 10.1. The molecular weight excluding hydrogens is 256 g/mol. The van der Waals surface area contributed by atoms with Gasteiger partial charge in [-0.1, -0.05) is 48.5 Å². The van der Waals surface area contributed by atoms with Crippen LogP contribution in [0.15, 0.2) is 66.5 Å². The number of aryl methyl sites for hydroxylation is 1. The van der Waals surface area contributed by atoms with Crippen LogP contribution in [-0.2, 0) is 6.54 Å². The van der Waals surface area contributed by atoms with Crippen molar-refractivity contribution in [3.05, 3.63) is 77.6 Å². The summed E-state index contributed by atoms with van der Waals surface area (Å²) in [5.41, 5.74) is 5.18. The van der Waals surface area contributed by atoms with Gasteiger partial charge in [0.05, 0.1) is 0 Å². The Morgan fingerprint density at radius 2 is 1.76 bits per heavy atom. The Morgan fingerprint density at radius 3 is 2.57 bits per heavy atom. The average Bonchev–Trinajstić information content (AvgIpc) is 2.51. The summed E-state index contributed by atoms with van der Waals surface area (Å²) >= 11 is 0. The van der Waals surface area contributed by atoms with E-state index in [0.29, 0.717) is 0 Å². The molecule has 0 amide bonds. The van der Waals surface area contributed by atoms with Crippen LogP contribution < -0.4 is 5.32 Å². The standard InChI is InChI=1S/C19H22N2/c1-16-8-5-6-12-19(16)20-18-11-7-13-21(15-18)14-17-9-3-2-4-10-17/h2-6,8-10,12,15,20H,7,11,13-14H2,1H3. The van der Waals surface area contributed by atoms with E-state index in [0.717, 1.165) is 19.5 Å². The van der Waals surface area contributed by atoms with Gasteiger partial charge in [0.1, 0.15) is 0 Å². The second kappa shape index (κ2) is 6.49. The zero-order chi connectivity index (χ0) is 14.5. The third kappa shape index (κ3) is 3.66. The summed E-state index contributed by atoms with van der Waals surface area (Å²) in [6.07, 6.45) is 4.61. The van der Waals surface area contributed by atoms with Crippen molar-refractivity contribution >= 4 is 5.69 Å². The van der Waals surface area contributed by atoms with E-state index < -0.39 is 0 Å². The number of nitrogens with one attached hydrogen (secondary N) is 1. The molecule has 108 valence electrons. The molecule has 1 aliphatic heterocycles. The van der Waals surface area contributed by atoms with E-state index in [9.17, 15) is 0 Å². The van der Waals surface area contributed by atoms with Gasteiger partial charge < -0.3 is 10.2 Å². The molecule has 3 rings (SSSR count). The van der Waals surface area contributed by atoms with Gasteiger partial charge in [0.2, 0.25) is 0 Å². The first-order chi connectivity index (χ1) is 10.3. The minimum absolute atomic E-state index is 0.986. The molecule has 0 saturated carbocycles. The molecule has 2 heteroatoms. The number of benzene rings is 2. The van der Waals surface area contributed by atoms with Crippen molar-refractivity contribution in [2.75, 3.05) is 11.9 Å². The van der Waals surface area contributed by atoms with Gasteiger partial charge in [0, 0.05) is 30.7 Å². The highest BCUT2D eigenvalue weighted by molar-refractivity contribution is 5.54. The summed E-state index contributed by atoms with van der Waals surface area (Å²) in [6, 6.07) is 19.1. The molecular formula is C19H22N2. The van der Waals surface area contributed by atoms with Crippen molar-refractivity contribution in [3.63, 3.8) is 0 Å². The molecule has 0 atom stereocenters. The summed E-state index contributed by atoms with van der Waals surface area (Å²) in [4.78, 5) is 2.40. The molecule has 1 aliphatic rings. The maximum atomic E-state index is 3.58. The molecule has 2 aromatic carbocycles. The average molecular weight is 278 g/mol. The van der Waals surface area contributed by atoms with Crippen LogP contribution in [0.1, 0.15) is 24.0 Å². The quantitative estimate of drug-likeness (QED) is 0.883. The second-order valence-corrected chi connectivity index (χ2v) is 5.65. The van der Waals surface area contributed by atoms with Crippen LogP contribution in [0.4, 0.5) is 5.69 Å². The first-order valence-electron chi connectivity index (χ1n) is 7.62. The van der Waals surface area contributed by atoms with Gasteiger partial charge in [-0.3, -0.25) is 0 Å². The predicted octanol–water partition coefficient (Wildman–Crippen LogP) is 4.54. The lowest BCUT2D eigenvalue weighted by molar-refractivity contribution is 0.342. The Morgan fingerprint density at radius 1 is 1.00 bits per heavy atom. The van der Waals surface area contributed by atoms with E-state index in [4.69, 9.17) is 0 Å².